The van der Waals surface area contributed by atoms with Gasteiger partial charge in [0.25, 0.3) is 0 Å². The fourth-order valence-corrected chi connectivity index (χ4v) is 2.68. The van der Waals surface area contributed by atoms with Crippen molar-refractivity contribution in [1.82, 2.24) is 0 Å². The highest BCUT2D eigenvalue weighted by atomic mass is 79.9. The number of nitrogens with one attached hydrogen (secondary N) is 1. The van der Waals surface area contributed by atoms with Gasteiger partial charge in [-0.2, -0.15) is 0 Å². The maximum atomic E-state index is 11.4. The molecule has 1 aromatic carbocycles. The first-order valence-electron chi connectivity index (χ1n) is 5.39. The zero-order valence-corrected chi connectivity index (χ0v) is 14.0. The predicted octanol–water partition coefficient (Wildman–Crippen LogP) is 2.56. The Balaban J connectivity index is 2.86. The molecule has 0 fully saturated rings. The van der Waals surface area contributed by atoms with E-state index in [9.17, 15) is 9.90 Å². The number of ether oxygens (including phenoxy) is 2. The second kappa shape index (κ2) is 6.58. The van der Waals surface area contributed by atoms with Gasteiger partial charge >= 0.3 is 5.97 Å². The van der Waals surface area contributed by atoms with Crippen molar-refractivity contribution in [3.63, 3.8) is 0 Å². The number of aliphatic hydroxyl groups is 1. The van der Waals surface area contributed by atoms with Gasteiger partial charge in [-0.15, -0.1) is 0 Å². The summed E-state index contributed by atoms with van der Waals surface area (Å²) in [7, 11) is 2.79. The molecule has 1 unspecified atom stereocenters. The molecule has 0 amide bonds. The number of hydrogen-bond donors (Lipinski definition) is 2. The SMILES string of the molecule is COC(=O)C(C)(O)CNc1cc(OC)c(Br)cc1Br. The Morgan fingerprint density at radius 1 is 1.37 bits per heavy atom. The molecule has 0 aliphatic carbocycles. The van der Waals surface area contributed by atoms with Crippen LogP contribution in [0, 0.1) is 0 Å². The number of benzene rings is 1. The third-order valence-electron chi connectivity index (χ3n) is 2.49. The molecule has 7 heteroatoms. The van der Waals surface area contributed by atoms with Gasteiger partial charge in [-0.25, -0.2) is 4.79 Å². The van der Waals surface area contributed by atoms with Gasteiger partial charge in [-0.05, 0) is 44.8 Å². The monoisotopic (exact) mass is 395 g/mol. The molecule has 5 nitrogen and oxygen atoms in total. The second-order valence-corrected chi connectivity index (χ2v) is 5.79. The van der Waals surface area contributed by atoms with Crippen LogP contribution in [0.2, 0.25) is 0 Å². The number of carbonyl (C=O) groups is 1. The molecule has 0 aromatic heterocycles. The Hall–Kier alpha value is -0.790. The maximum absolute atomic E-state index is 11.4. The molecule has 1 atom stereocenters. The molecule has 0 spiro atoms. The van der Waals surface area contributed by atoms with Crippen LogP contribution in [0.4, 0.5) is 5.69 Å². The Morgan fingerprint density at radius 2 is 2.00 bits per heavy atom. The lowest BCUT2D eigenvalue weighted by molar-refractivity contribution is -0.158. The first-order chi connectivity index (χ1) is 8.81. The Labute approximate surface area is 128 Å². The molecule has 0 aliphatic rings. The van der Waals surface area contributed by atoms with E-state index in [0.29, 0.717) is 11.4 Å². The number of halogens is 2. The summed E-state index contributed by atoms with van der Waals surface area (Å²) in [5.74, 6) is -0.0522. The van der Waals surface area contributed by atoms with Gasteiger partial charge in [-0.3, -0.25) is 0 Å². The van der Waals surface area contributed by atoms with Crippen LogP contribution < -0.4 is 10.1 Å². The first-order valence-corrected chi connectivity index (χ1v) is 6.98. The molecular formula is C12H15Br2NO4. The van der Waals surface area contributed by atoms with Crippen LogP contribution in [0.25, 0.3) is 0 Å². The summed E-state index contributed by atoms with van der Waals surface area (Å²) in [6.07, 6.45) is 0. The zero-order valence-electron chi connectivity index (χ0n) is 10.8. The van der Waals surface area contributed by atoms with Gasteiger partial charge in [0.15, 0.2) is 5.60 Å². The van der Waals surface area contributed by atoms with Crippen LogP contribution >= 0.6 is 31.9 Å². The van der Waals surface area contributed by atoms with Crippen molar-refractivity contribution in [2.24, 2.45) is 0 Å². The van der Waals surface area contributed by atoms with Gasteiger partial charge in [0.2, 0.25) is 0 Å². The fourth-order valence-electron chi connectivity index (χ4n) is 1.38. The highest BCUT2D eigenvalue weighted by Crippen LogP contribution is 2.34. The number of rotatable bonds is 5. The van der Waals surface area contributed by atoms with Gasteiger partial charge < -0.3 is 19.9 Å². The van der Waals surface area contributed by atoms with Crippen LogP contribution in [0.1, 0.15) is 6.92 Å². The van der Waals surface area contributed by atoms with Crippen molar-refractivity contribution < 1.29 is 19.4 Å². The van der Waals surface area contributed by atoms with Crippen molar-refractivity contribution in [3.8, 4) is 5.75 Å². The highest BCUT2D eigenvalue weighted by molar-refractivity contribution is 9.11. The molecule has 2 N–H and O–H groups in total. The van der Waals surface area contributed by atoms with Crippen molar-refractivity contribution in [1.29, 1.82) is 0 Å². The van der Waals surface area contributed by atoms with E-state index in [1.165, 1.54) is 14.0 Å². The minimum absolute atomic E-state index is 0.0169. The van der Waals surface area contributed by atoms with E-state index in [2.05, 4.69) is 41.9 Å². The first kappa shape index (κ1) is 16.3. The zero-order chi connectivity index (χ0) is 14.6. The Kier molecular flexibility index (Phi) is 5.64. The van der Waals surface area contributed by atoms with Crippen LogP contribution in [0.3, 0.4) is 0 Å². The summed E-state index contributed by atoms with van der Waals surface area (Å²) in [6.45, 7) is 1.40. The number of methoxy groups -OCH3 is 2. The lowest BCUT2D eigenvalue weighted by Crippen LogP contribution is -2.42. The summed E-state index contributed by atoms with van der Waals surface area (Å²) in [5, 5.41) is 12.9. The van der Waals surface area contributed by atoms with Crippen molar-refractivity contribution >= 4 is 43.5 Å². The number of anilines is 1. The summed E-state index contributed by atoms with van der Waals surface area (Å²) in [5.41, 5.74) is -0.904. The van der Waals surface area contributed by atoms with Gasteiger partial charge in [0.1, 0.15) is 5.75 Å². The molecule has 0 bridgehead atoms. The van der Waals surface area contributed by atoms with E-state index in [1.54, 1.807) is 13.2 Å². The van der Waals surface area contributed by atoms with E-state index >= 15 is 0 Å². The number of esters is 1. The van der Waals surface area contributed by atoms with Gasteiger partial charge in [0, 0.05) is 10.5 Å². The Morgan fingerprint density at radius 3 is 2.53 bits per heavy atom. The van der Waals surface area contributed by atoms with Crippen molar-refractivity contribution in [3.05, 3.63) is 21.1 Å². The molecule has 1 rings (SSSR count). The molecule has 0 aliphatic heterocycles. The predicted molar refractivity (Wildman–Crippen MR) is 79.5 cm³/mol. The van der Waals surface area contributed by atoms with Crippen LogP contribution in [-0.2, 0) is 9.53 Å². The van der Waals surface area contributed by atoms with Gasteiger partial charge in [0.05, 0.1) is 30.9 Å². The summed E-state index contributed by atoms with van der Waals surface area (Å²) in [4.78, 5) is 11.4. The van der Waals surface area contributed by atoms with E-state index < -0.39 is 11.6 Å². The quantitative estimate of drug-likeness (QED) is 0.748. The fraction of sp³-hybridized carbons (Fsp3) is 0.417. The van der Waals surface area contributed by atoms with Gasteiger partial charge in [-0.1, -0.05) is 0 Å². The molecule has 0 saturated heterocycles. The third kappa shape index (κ3) is 4.09. The van der Waals surface area contributed by atoms with Crippen molar-refractivity contribution in [2.75, 3.05) is 26.1 Å². The maximum Gasteiger partial charge on any atom is 0.339 e. The summed E-state index contributed by atoms with van der Waals surface area (Å²) < 4.78 is 11.3. The molecule has 0 heterocycles. The molecule has 106 valence electrons. The lowest BCUT2D eigenvalue weighted by atomic mass is 10.1. The minimum atomic E-state index is -1.60. The van der Waals surface area contributed by atoms with Crippen LogP contribution in [0.5, 0.6) is 5.75 Å². The van der Waals surface area contributed by atoms with E-state index in [1.807, 2.05) is 6.07 Å². The van der Waals surface area contributed by atoms with E-state index in [4.69, 9.17) is 4.74 Å². The van der Waals surface area contributed by atoms with Crippen LogP contribution in [-0.4, -0.2) is 37.4 Å². The average molecular weight is 397 g/mol. The molecule has 0 saturated carbocycles. The molecule has 0 radical (unpaired) electrons. The number of carbonyl (C=O) groups excluding carboxylic acids is 1. The Bertz CT molecular complexity index is 477. The summed E-state index contributed by atoms with van der Waals surface area (Å²) in [6, 6.07) is 3.57. The molecule has 19 heavy (non-hydrogen) atoms. The van der Waals surface area contributed by atoms with E-state index in [0.717, 1.165) is 8.95 Å². The normalized spacial score (nSPS) is 13.6. The third-order valence-corrected chi connectivity index (χ3v) is 3.77. The number of hydrogen-bond acceptors (Lipinski definition) is 5. The summed E-state index contributed by atoms with van der Waals surface area (Å²) >= 11 is 6.75. The molecular weight excluding hydrogens is 382 g/mol. The highest BCUT2D eigenvalue weighted by Gasteiger charge is 2.31. The molecule has 1 aromatic rings. The lowest BCUT2D eigenvalue weighted by Gasteiger charge is -2.22. The smallest absolute Gasteiger partial charge is 0.339 e. The standard InChI is InChI=1S/C12H15Br2NO4/c1-12(17,11(16)19-3)6-15-9-5-10(18-2)8(14)4-7(9)13/h4-5,15,17H,6H2,1-3H3. The largest absolute Gasteiger partial charge is 0.495 e. The van der Waals surface area contributed by atoms with Crippen LogP contribution in [0.15, 0.2) is 21.1 Å². The second-order valence-electron chi connectivity index (χ2n) is 4.09. The van der Waals surface area contributed by atoms with E-state index in [-0.39, 0.29) is 6.54 Å². The van der Waals surface area contributed by atoms with Crippen molar-refractivity contribution in [2.45, 2.75) is 12.5 Å². The topological polar surface area (TPSA) is 67.8 Å². The average Bonchev–Trinajstić information content (AvgIpc) is 2.36. The minimum Gasteiger partial charge on any atom is -0.495 e.